The summed E-state index contributed by atoms with van der Waals surface area (Å²) in [6.45, 7) is 10.8. The average molecular weight is 547 g/mol. The predicted molar refractivity (Wildman–Crippen MR) is 132 cm³/mol. The quantitative estimate of drug-likeness (QED) is 0.255. The lowest BCUT2D eigenvalue weighted by Gasteiger charge is -2.42. The normalized spacial score (nSPS) is 27.7. The van der Waals surface area contributed by atoms with Gasteiger partial charge in [-0.3, -0.25) is 19.1 Å². The minimum atomic E-state index is -4.20. The Bertz CT molecular complexity index is 1280. The van der Waals surface area contributed by atoms with Crippen LogP contribution in [-0.2, 0) is 28.7 Å². The molecule has 0 radical (unpaired) electrons. The fourth-order valence-electron chi connectivity index (χ4n) is 3.81. The number of sulfonamides is 1. The van der Waals surface area contributed by atoms with Gasteiger partial charge in [0.2, 0.25) is 10.0 Å². The van der Waals surface area contributed by atoms with E-state index in [1.165, 1.54) is 13.1 Å². The Morgan fingerprint density at radius 3 is 2.61 bits per heavy atom. The topological polar surface area (TPSA) is 178 Å². The molecule has 0 amide bonds. The number of aryl methyl sites for hydroxylation is 1. The maximum atomic E-state index is 12.7. The summed E-state index contributed by atoms with van der Waals surface area (Å²) in [5, 5.41) is 15.3. The van der Waals surface area contributed by atoms with Gasteiger partial charge in [0, 0.05) is 18.3 Å². The molecule has 1 aromatic heterocycles. The summed E-state index contributed by atoms with van der Waals surface area (Å²) >= 11 is 0. The molecule has 4 atom stereocenters. The van der Waals surface area contributed by atoms with Crippen LogP contribution in [0.3, 0.4) is 0 Å². The maximum Gasteiger partial charge on any atom is 0.330 e. The number of fused-ring (bicyclic) bond motifs is 1. The standard InChI is InChI=1S/C21H34N4O9SSi/c1-12-10-25(19(28)24-17(12)27)18-16(34-36(6,7)20(2,3)4)21(29)13(22-8-14(21)33-18)11-35(30,31)23-9-15(26)32-5/h10-11,14,16,18,22-23,29H,8-9H2,1-7H3,(H,24,27,28)/b13-11+/t14-,16+,18-,21-/m1/s1. The second-order valence-corrected chi connectivity index (χ2v) is 16.8. The largest absolute Gasteiger partial charge is 0.468 e. The first-order valence-corrected chi connectivity index (χ1v) is 15.8. The first kappa shape index (κ1) is 28.3. The molecule has 202 valence electrons. The monoisotopic (exact) mass is 546 g/mol. The molecular formula is C21H34N4O9SSi. The molecule has 0 spiro atoms. The third-order valence-electron chi connectivity index (χ3n) is 6.96. The number of aliphatic hydroxyl groups is 1. The zero-order valence-corrected chi connectivity index (χ0v) is 23.2. The molecule has 3 heterocycles. The van der Waals surface area contributed by atoms with Gasteiger partial charge in [-0.25, -0.2) is 17.9 Å². The first-order valence-electron chi connectivity index (χ1n) is 11.3. The summed E-state index contributed by atoms with van der Waals surface area (Å²) in [4.78, 5) is 38.3. The summed E-state index contributed by atoms with van der Waals surface area (Å²) in [6.07, 6.45) is -2.01. The van der Waals surface area contributed by atoms with Crippen molar-refractivity contribution in [2.45, 2.75) is 69.9 Å². The van der Waals surface area contributed by atoms with Crippen LogP contribution in [0.1, 0.15) is 32.6 Å². The average Bonchev–Trinajstić information content (AvgIpc) is 3.20. The highest BCUT2D eigenvalue weighted by Gasteiger charge is 2.64. The van der Waals surface area contributed by atoms with Crippen molar-refractivity contribution in [3.8, 4) is 0 Å². The molecule has 2 aliphatic heterocycles. The van der Waals surface area contributed by atoms with Gasteiger partial charge in [0.25, 0.3) is 5.56 Å². The fraction of sp³-hybridized carbons (Fsp3) is 0.667. The second-order valence-electron chi connectivity index (χ2n) is 10.5. The van der Waals surface area contributed by atoms with E-state index in [1.54, 1.807) is 0 Å². The van der Waals surface area contributed by atoms with Crippen LogP contribution in [0.5, 0.6) is 0 Å². The second kappa shape index (κ2) is 9.53. The number of esters is 1. The van der Waals surface area contributed by atoms with Crippen molar-refractivity contribution >= 4 is 24.3 Å². The Labute approximate surface area is 210 Å². The van der Waals surface area contributed by atoms with Crippen molar-refractivity contribution in [2.75, 3.05) is 20.2 Å². The number of nitrogens with zero attached hydrogens (tertiary/aromatic N) is 1. The highest BCUT2D eigenvalue weighted by molar-refractivity contribution is 7.92. The number of ether oxygens (including phenoxy) is 2. The van der Waals surface area contributed by atoms with Gasteiger partial charge in [-0.1, -0.05) is 20.8 Å². The van der Waals surface area contributed by atoms with Crippen LogP contribution in [0.25, 0.3) is 0 Å². The van der Waals surface area contributed by atoms with E-state index in [0.717, 1.165) is 17.1 Å². The minimum Gasteiger partial charge on any atom is -0.468 e. The third-order valence-corrected chi connectivity index (χ3v) is 12.5. The number of H-pyrrole nitrogens is 1. The molecule has 0 unspecified atom stereocenters. The zero-order valence-electron chi connectivity index (χ0n) is 21.4. The Kier molecular flexibility index (Phi) is 7.49. The third kappa shape index (κ3) is 5.21. The number of carbonyl (C=O) groups is 1. The van der Waals surface area contributed by atoms with Gasteiger partial charge >= 0.3 is 11.7 Å². The van der Waals surface area contributed by atoms with Crippen LogP contribution in [0.2, 0.25) is 18.1 Å². The van der Waals surface area contributed by atoms with Gasteiger partial charge in [0.05, 0.1) is 18.2 Å². The van der Waals surface area contributed by atoms with Gasteiger partial charge in [0.1, 0.15) is 18.8 Å². The molecule has 13 nitrogen and oxygen atoms in total. The van der Waals surface area contributed by atoms with Crippen LogP contribution < -0.4 is 21.3 Å². The number of aromatic amines is 1. The van der Waals surface area contributed by atoms with Gasteiger partial charge < -0.3 is 24.3 Å². The lowest BCUT2D eigenvalue weighted by Crippen LogP contribution is -2.55. The summed E-state index contributed by atoms with van der Waals surface area (Å²) in [5.74, 6) is -0.788. The van der Waals surface area contributed by atoms with Crippen molar-refractivity contribution in [1.29, 1.82) is 0 Å². The molecule has 15 heteroatoms. The number of nitrogens with one attached hydrogen (secondary N) is 3. The summed E-state index contributed by atoms with van der Waals surface area (Å²) in [5.41, 5.74) is -3.15. The van der Waals surface area contributed by atoms with E-state index >= 15 is 0 Å². The van der Waals surface area contributed by atoms with E-state index < -0.39 is 66.1 Å². The summed E-state index contributed by atoms with van der Waals surface area (Å²) in [6, 6.07) is 0. The Morgan fingerprint density at radius 2 is 2.03 bits per heavy atom. The molecule has 1 aromatic rings. The maximum absolute atomic E-state index is 12.7. The van der Waals surface area contributed by atoms with Crippen molar-refractivity contribution < 1.29 is 32.2 Å². The van der Waals surface area contributed by atoms with Crippen LogP contribution in [0.15, 0.2) is 26.9 Å². The van der Waals surface area contributed by atoms with Crippen molar-refractivity contribution in [2.24, 2.45) is 0 Å². The van der Waals surface area contributed by atoms with Crippen molar-refractivity contribution in [3.63, 3.8) is 0 Å². The van der Waals surface area contributed by atoms with E-state index in [2.05, 4.69) is 19.8 Å². The summed E-state index contributed by atoms with van der Waals surface area (Å²) in [7, 11) is -5.70. The molecule has 0 aliphatic carbocycles. The SMILES string of the molecule is COC(=O)CNS(=O)(=O)/C=C1/NC[C@H]2O[C@@H](n3cc(C)c(=O)[nH]c3=O)[C@H](O[Si](C)(C)C(C)(C)C)[C@@]12O. The Balaban J connectivity index is 2.12. The smallest absolute Gasteiger partial charge is 0.330 e. The molecule has 0 saturated carbocycles. The number of methoxy groups -OCH3 is 1. The molecular weight excluding hydrogens is 512 g/mol. The highest BCUT2D eigenvalue weighted by Crippen LogP contribution is 2.49. The van der Waals surface area contributed by atoms with E-state index in [4.69, 9.17) is 9.16 Å². The van der Waals surface area contributed by atoms with Crippen molar-refractivity contribution in [3.05, 3.63) is 43.7 Å². The molecule has 2 fully saturated rings. The number of carbonyl (C=O) groups excluding carboxylic acids is 1. The number of hydrogen-bond acceptors (Lipinski definition) is 10. The first-order chi connectivity index (χ1) is 16.4. The fourth-order valence-corrected chi connectivity index (χ4v) is 6.08. The summed E-state index contributed by atoms with van der Waals surface area (Å²) < 4.78 is 45.7. The molecule has 2 saturated heterocycles. The van der Waals surface area contributed by atoms with E-state index in [0.29, 0.717) is 0 Å². The van der Waals surface area contributed by atoms with Gasteiger partial charge in [-0.05, 0) is 25.1 Å². The number of hydrogen-bond donors (Lipinski definition) is 4. The molecule has 2 aliphatic rings. The number of rotatable bonds is 7. The van der Waals surface area contributed by atoms with Crippen LogP contribution in [0, 0.1) is 6.92 Å². The van der Waals surface area contributed by atoms with Crippen LogP contribution >= 0.6 is 0 Å². The molecule has 36 heavy (non-hydrogen) atoms. The number of aromatic nitrogens is 2. The molecule has 3 rings (SSSR count). The Morgan fingerprint density at radius 1 is 1.39 bits per heavy atom. The Hall–Kier alpha value is -2.30. The van der Waals surface area contributed by atoms with E-state index in [1.807, 2.05) is 33.9 Å². The van der Waals surface area contributed by atoms with Crippen LogP contribution in [0.4, 0.5) is 0 Å². The van der Waals surface area contributed by atoms with Gasteiger partial charge in [-0.15, -0.1) is 0 Å². The van der Waals surface area contributed by atoms with Crippen LogP contribution in [-0.4, -0.2) is 75.4 Å². The van der Waals surface area contributed by atoms with E-state index in [9.17, 15) is 27.9 Å². The lowest BCUT2D eigenvalue weighted by molar-refractivity contribution is -0.139. The minimum absolute atomic E-state index is 0.0276. The predicted octanol–water partition coefficient (Wildman–Crippen LogP) is -0.599. The lowest BCUT2D eigenvalue weighted by atomic mass is 9.92. The van der Waals surface area contributed by atoms with Crippen molar-refractivity contribution in [1.82, 2.24) is 19.6 Å². The van der Waals surface area contributed by atoms with E-state index in [-0.39, 0.29) is 22.8 Å². The molecule has 0 aromatic carbocycles. The molecule has 0 bridgehead atoms. The zero-order chi connectivity index (χ0) is 27.3. The van der Waals surface area contributed by atoms with Gasteiger partial charge in [-0.2, -0.15) is 0 Å². The van der Waals surface area contributed by atoms with Gasteiger partial charge in [0.15, 0.2) is 20.1 Å². The highest BCUT2D eigenvalue weighted by atomic mass is 32.2. The molecule has 4 N–H and O–H groups in total.